The smallest absolute Gasteiger partial charge is 0.303 e. The first-order valence-corrected chi connectivity index (χ1v) is 45.7. The van der Waals surface area contributed by atoms with E-state index >= 15 is 0 Å². The average molecular weight is 2700 g/mol. The minimum atomic E-state index is -1.94. The number of carbonyl (C=O) groups is 18. The molecule has 6 unspecified atom stereocenters. The third-order valence-electron chi connectivity index (χ3n) is 16.5. The highest BCUT2D eigenvalue weighted by Crippen LogP contribution is 2.41. The lowest BCUT2D eigenvalue weighted by Crippen LogP contribution is -2.46. The molecule has 0 aliphatic rings. The molecule has 9 amide bonds. The van der Waals surface area contributed by atoms with Crippen molar-refractivity contribution in [2.24, 2.45) is 5.92 Å². The first-order chi connectivity index (χ1) is 56.6. The van der Waals surface area contributed by atoms with Crippen molar-refractivity contribution >= 4 is 327 Å². The molecule has 0 heterocycles. The molecule has 0 fully saturated rings. The molecule has 45 heteroatoms. The third-order valence-corrected chi connectivity index (χ3v) is 26.2. The number of hydrogen-bond acceptors (Lipinski definition) is 27. The van der Waals surface area contributed by atoms with Gasteiger partial charge in [-0.1, -0.05) is 18.2 Å². The zero-order valence-corrected chi connectivity index (χ0v) is 86.7. The summed E-state index contributed by atoms with van der Waals surface area (Å²) in [6, 6.07) is 0. The highest BCUT2D eigenvalue weighted by atomic mass is 127. The van der Waals surface area contributed by atoms with Crippen LogP contribution in [0.4, 0.5) is 17.1 Å². The number of halogens is 9. The number of amides is 9. The number of benzene rings is 3. The lowest BCUT2D eigenvalue weighted by molar-refractivity contribution is -0.175. The maximum atomic E-state index is 14.8. The van der Waals surface area contributed by atoms with Gasteiger partial charge < -0.3 is 89.2 Å². The molecule has 0 saturated carbocycles. The van der Waals surface area contributed by atoms with Crippen LogP contribution in [-0.2, 0) is 100 Å². The molecule has 121 heavy (non-hydrogen) atoms. The molecular weight excluding hydrogens is 2610 g/mol. The largest absolute Gasteiger partial charge is 0.462 e. The van der Waals surface area contributed by atoms with Crippen molar-refractivity contribution in [1.29, 1.82) is 0 Å². The molecule has 0 bridgehead atoms. The van der Waals surface area contributed by atoms with Gasteiger partial charge >= 0.3 is 53.7 Å². The van der Waals surface area contributed by atoms with E-state index in [4.69, 9.17) is 42.6 Å². The Bertz CT molecular complexity index is 4110. The molecule has 0 radical (unpaired) electrons. The van der Waals surface area contributed by atoms with Crippen molar-refractivity contribution in [3.05, 3.63) is 103 Å². The zero-order chi connectivity index (χ0) is 91.9. The van der Waals surface area contributed by atoms with Crippen molar-refractivity contribution in [2.45, 2.75) is 137 Å². The summed E-state index contributed by atoms with van der Waals surface area (Å²) in [7, 11) is 4.45. The molecular formula is C76H88I9N9O27. The summed E-state index contributed by atoms with van der Waals surface area (Å²) in [4.78, 5) is 245. The summed E-state index contributed by atoms with van der Waals surface area (Å²) in [6.45, 7) is 18.3. The SMILES string of the molecule is C=CCN(C)C(=O)c1c(I)c(NC(=O)C(OC(C)=O)C(COC(C)=O)OC(C)=O)c(I)c(C(=O)NCCCC(CCCNC(=O)c2c(I)c(NC(=O)C(OC(C)=O)C(COC(C)=O)OC(C)=O)c(I)c(C(=O)N(C)CC=C)c2I)CCCNC(=O)c2c(I)c(NC(=O)C(OC(C)=O)C(COC(C)=O)OC(C)=O)c(I)c(C(=O)N(C)CC=C)c2I)c1I. The van der Waals surface area contributed by atoms with E-state index in [2.05, 4.69) is 51.6 Å². The van der Waals surface area contributed by atoms with Crippen molar-refractivity contribution in [3.63, 3.8) is 0 Å². The lowest BCUT2D eigenvalue weighted by atomic mass is 9.92. The number of esters is 9. The molecule has 6 atom stereocenters. The Balaban J connectivity index is 2.27. The Morgan fingerprint density at radius 3 is 0.711 bits per heavy atom. The summed E-state index contributed by atoms with van der Waals surface area (Å²) in [5.74, 6) is -15.8. The van der Waals surface area contributed by atoms with Gasteiger partial charge in [-0.15, -0.1) is 19.7 Å². The molecule has 0 saturated heterocycles. The fourth-order valence-corrected chi connectivity index (χ4v) is 24.3. The van der Waals surface area contributed by atoms with Crippen molar-refractivity contribution in [3.8, 4) is 0 Å². The maximum absolute atomic E-state index is 14.8. The van der Waals surface area contributed by atoms with Gasteiger partial charge in [-0.05, 0) is 248 Å². The fourth-order valence-electron chi connectivity index (χ4n) is 11.2. The molecule has 3 aromatic rings. The fraction of sp³-hybridized carbons (Fsp3) is 0.447. The van der Waals surface area contributed by atoms with Crippen LogP contribution in [0.5, 0.6) is 0 Å². The van der Waals surface area contributed by atoms with Gasteiger partial charge in [0.25, 0.3) is 53.2 Å². The summed E-state index contributed by atoms with van der Waals surface area (Å²) in [5, 5.41) is 16.7. The second-order valence-corrected chi connectivity index (χ2v) is 35.8. The summed E-state index contributed by atoms with van der Waals surface area (Å²) in [6.07, 6.45) is -4.59. The topological polar surface area (TPSA) is 472 Å². The molecule has 0 aromatic heterocycles. The van der Waals surface area contributed by atoms with Crippen LogP contribution in [0.1, 0.15) is 163 Å². The zero-order valence-electron chi connectivity index (χ0n) is 67.3. The Morgan fingerprint density at radius 2 is 0.521 bits per heavy atom. The Morgan fingerprint density at radius 1 is 0.314 bits per heavy atom. The van der Waals surface area contributed by atoms with E-state index < -0.39 is 163 Å². The standard InChI is InChI=1S/C76H88I9N9O27/c1-16-28-92(13)74(110)50-53(77)47(56(80)62(59(50)83)89-71(107)65(119-40(10)101)44(116-37(7)98)31-113-34(4)95)68(104)86-25-19-22-43(23-20-26-87-69(105)48-54(78)51(75(111)93(14)29-17-2)60(84)63(57(48)81)90-72(108)66(120-41(11)102)45(117-38(8)99)32-114-35(5)96)24-21-27-88-70(106)49-55(79)52(76(112)94(15)30-18-3)61(85)64(58(49)82)91-73(109)67(121-42(12)103)46(118-39(9)100)33-115-36(6)97/h16-18,43-46,65-67H,1-3,19-33H2,4-15H3,(H,86,104)(H,87,105)(H,88,106)(H,89,107)(H,90,108)(H,91,109). The van der Waals surface area contributed by atoms with Crippen LogP contribution in [0, 0.1) is 38.0 Å². The van der Waals surface area contributed by atoms with Crippen LogP contribution < -0.4 is 31.9 Å². The van der Waals surface area contributed by atoms with Gasteiger partial charge in [0.1, 0.15) is 19.8 Å². The number of ether oxygens (including phenoxy) is 9. The van der Waals surface area contributed by atoms with Crippen molar-refractivity contribution in [2.75, 3.05) is 96.2 Å². The van der Waals surface area contributed by atoms with E-state index in [9.17, 15) is 86.3 Å². The van der Waals surface area contributed by atoms with Gasteiger partial charge in [0, 0.05) is 133 Å². The van der Waals surface area contributed by atoms with E-state index in [0.29, 0.717) is 19.3 Å². The predicted octanol–water partition coefficient (Wildman–Crippen LogP) is 9.54. The Kier molecular flexibility index (Phi) is 48.1. The van der Waals surface area contributed by atoms with Crippen molar-refractivity contribution < 1.29 is 129 Å². The molecule has 0 aliphatic carbocycles. The van der Waals surface area contributed by atoms with E-state index in [0.717, 1.165) is 62.3 Å². The van der Waals surface area contributed by atoms with Gasteiger partial charge in [0.05, 0.1) is 71.9 Å². The Labute approximate surface area is 820 Å². The average Bonchev–Trinajstić information content (AvgIpc) is 0.771. The Hall–Kier alpha value is -6.09. The first kappa shape index (κ1) is 109. The summed E-state index contributed by atoms with van der Waals surface area (Å²) < 4.78 is 48.3. The molecule has 36 nitrogen and oxygen atoms in total. The quantitative estimate of drug-likeness (QED) is 0.0101. The second-order valence-electron chi connectivity index (χ2n) is 26.1. The van der Waals surface area contributed by atoms with Crippen LogP contribution >= 0.6 is 203 Å². The van der Waals surface area contributed by atoms with Crippen LogP contribution in [0.25, 0.3) is 0 Å². The lowest BCUT2D eigenvalue weighted by Gasteiger charge is -2.27. The molecule has 3 aromatic carbocycles. The molecule has 662 valence electrons. The van der Waals surface area contributed by atoms with Gasteiger partial charge in [0.2, 0.25) is 18.3 Å². The minimum absolute atomic E-state index is 0.0231. The first-order valence-electron chi connectivity index (χ1n) is 36.0. The molecule has 3 rings (SSSR count). The van der Waals surface area contributed by atoms with E-state index in [-0.39, 0.29) is 147 Å². The molecule has 0 aliphatic heterocycles. The number of anilines is 3. The monoisotopic (exact) mass is 2700 g/mol. The van der Waals surface area contributed by atoms with E-state index in [1.165, 1.54) is 54.1 Å². The third kappa shape index (κ3) is 33.3. The number of nitrogens with zero attached hydrogens (tertiary/aromatic N) is 3. The number of rotatable bonds is 45. The summed E-state index contributed by atoms with van der Waals surface area (Å²) in [5.41, 5.74) is -0.547. The van der Waals surface area contributed by atoms with Crippen LogP contribution in [0.15, 0.2) is 38.0 Å². The molecule has 0 spiro atoms. The van der Waals surface area contributed by atoms with Gasteiger partial charge in [0.15, 0.2) is 18.3 Å². The van der Waals surface area contributed by atoms with Gasteiger partial charge in [-0.2, -0.15) is 0 Å². The van der Waals surface area contributed by atoms with Gasteiger partial charge in [-0.25, -0.2) is 0 Å². The number of hydrogen-bond donors (Lipinski definition) is 6. The second kappa shape index (κ2) is 53.4. The number of carbonyl (C=O) groups excluding carboxylic acids is 18. The highest BCUT2D eigenvalue weighted by molar-refractivity contribution is 14.1. The highest BCUT2D eigenvalue weighted by Gasteiger charge is 2.42. The maximum Gasteiger partial charge on any atom is 0.303 e. The number of likely N-dealkylation sites (N-methyl/N-ethyl adjacent to an activating group) is 3. The van der Waals surface area contributed by atoms with Crippen molar-refractivity contribution in [1.82, 2.24) is 30.7 Å². The van der Waals surface area contributed by atoms with E-state index in [1.54, 1.807) is 0 Å². The van der Waals surface area contributed by atoms with E-state index in [1.807, 2.05) is 203 Å². The van der Waals surface area contributed by atoms with Gasteiger partial charge in [-0.3, -0.25) is 86.3 Å². The predicted molar refractivity (Wildman–Crippen MR) is 513 cm³/mol. The molecule has 6 N–H and O–H groups in total. The minimum Gasteiger partial charge on any atom is -0.462 e. The van der Waals surface area contributed by atoms with Crippen LogP contribution in [0.2, 0.25) is 0 Å². The summed E-state index contributed by atoms with van der Waals surface area (Å²) >= 11 is 16.5. The van der Waals surface area contributed by atoms with Crippen LogP contribution in [-0.4, -0.2) is 238 Å². The normalized spacial score (nSPS) is 12.5. The van der Waals surface area contributed by atoms with Crippen LogP contribution in [0.3, 0.4) is 0 Å². The number of nitrogens with one attached hydrogen (secondary N) is 6.